The molecule has 1 aliphatic carbocycles. The van der Waals surface area contributed by atoms with Crippen molar-refractivity contribution in [1.29, 1.82) is 0 Å². The predicted octanol–water partition coefficient (Wildman–Crippen LogP) is 4.91. The van der Waals surface area contributed by atoms with E-state index in [4.69, 9.17) is 0 Å². The number of carbonyl (C=O) groups is 2. The van der Waals surface area contributed by atoms with Crippen molar-refractivity contribution >= 4 is 33.2 Å². The molecule has 5 nitrogen and oxygen atoms in total. The van der Waals surface area contributed by atoms with Gasteiger partial charge in [0.1, 0.15) is 12.3 Å². The van der Waals surface area contributed by atoms with Crippen molar-refractivity contribution in [2.24, 2.45) is 11.8 Å². The molecule has 4 rings (SSSR count). The summed E-state index contributed by atoms with van der Waals surface area (Å²) in [5.74, 6) is -0.250. The van der Waals surface area contributed by atoms with Crippen LogP contribution >= 0.6 is 11.3 Å². The summed E-state index contributed by atoms with van der Waals surface area (Å²) in [5, 5.41) is 4.04. The number of nitrogens with zero attached hydrogens (tertiary/aromatic N) is 2. The Morgan fingerprint density at radius 2 is 1.97 bits per heavy atom. The molecule has 0 radical (unpaired) electrons. The summed E-state index contributed by atoms with van der Waals surface area (Å²) in [6.07, 6.45) is 6.44. The van der Waals surface area contributed by atoms with Crippen LogP contribution in [0.5, 0.6) is 0 Å². The molecule has 2 aliphatic rings. The van der Waals surface area contributed by atoms with Crippen LogP contribution in [-0.4, -0.2) is 53.7 Å². The number of hydrogen-bond acceptors (Lipinski definition) is 4. The van der Waals surface area contributed by atoms with Crippen LogP contribution < -0.4 is 5.32 Å². The molecule has 0 bridgehead atoms. The van der Waals surface area contributed by atoms with Crippen LogP contribution in [0.4, 0.5) is 8.78 Å². The van der Waals surface area contributed by atoms with E-state index < -0.39 is 18.3 Å². The summed E-state index contributed by atoms with van der Waals surface area (Å²) in [5.41, 5.74) is 0. The summed E-state index contributed by atoms with van der Waals surface area (Å²) in [7, 11) is 0. The van der Waals surface area contributed by atoms with Gasteiger partial charge < -0.3 is 10.2 Å². The monoisotopic (exact) mass is 463 g/mol. The number of unbranched alkanes of at least 4 members (excludes halogenated alkanes) is 1. The molecule has 2 aromatic heterocycles. The van der Waals surface area contributed by atoms with Crippen molar-refractivity contribution in [3.05, 3.63) is 29.4 Å². The Morgan fingerprint density at radius 1 is 1.16 bits per heavy atom. The lowest BCUT2D eigenvalue weighted by atomic mass is 9.84. The zero-order valence-corrected chi connectivity index (χ0v) is 19.1. The highest BCUT2D eigenvalue weighted by Gasteiger charge is 2.38. The molecule has 1 saturated heterocycles. The van der Waals surface area contributed by atoms with E-state index in [2.05, 4.69) is 10.3 Å². The Kier molecular flexibility index (Phi) is 7.71. The van der Waals surface area contributed by atoms with Gasteiger partial charge in [-0.25, -0.2) is 8.78 Å². The van der Waals surface area contributed by atoms with Gasteiger partial charge in [0.05, 0.1) is 15.5 Å². The van der Waals surface area contributed by atoms with Crippen molar-refractivity contribution in [1.82, 2.24) is 15.2 Å². The van der Waals surface area contributed by atoms with Crippen LogP contribution in [0.2, 0.25) is 0 Å². The van der Waals surface area contributed by atoms with Crippen molar-refractivity contribution in [3.8, 4) is 0 Å². The number of pyridine rings is 1. The molecular weight excluding hydrogens is 432 g/mol. The van der Waals surface area contributed by atoms with Gasteiger partial charge in [0, 0.05) is 38.4 Å². The molecule has 174 valence electrons. The summed E-state index contributed by atoms with van der Waals surface area (Å²) in [4.78, 5) is 31.6. The summed E-state index contributed by atoms with van der Waals surface area (Å²) in [6.45, 7) is 1.99. The van der Waals surface area contributed by atoms with Crippen LogP contribution in [0.1, 0.15) is 61.0 Å². The molecule has 8 heteroatoms. The first-order chi connectivity index (χ1) is 15.5. The zero-order chi connectivity index (χ0) is 22.5. The number of halogens is 2. The number of carbonyl (C=O) groups excluding carboxylic acids is 2. The lowest BCUT2D eigenvalue weighted by molar-refractivity contribution is -0.141. The topological polar surface area (TPSA) is 62.3 Å². The second-order valence-electron chi connectivity index (χ2n) is 9.08. The average Bonchev–Trinajstić information content (AvgIpc) is 3.23. The smallest absolute Gasteiger partial charge is 0.261 e. The number of alkyl halides is 2. The first-order valence-corrected chi connectivity index (χ1v) is 12.5. The van der Waals surface area contributed by atoms with Gasteiger partial charge in [0.25, 0.3) is 5.91 Å². The van der Waals surface area contributed by atoms with Crippen molar-refractivity contribution in [2.75, 3.05) is 19.6 Å². The first kappa shape index (κ1) is 23.1. The quantitative estimate of drug-likeness (QED) is 0.594. The lowest BCUT2D eigenvalue weighted by Crippen LogP contribution is -2.46. The third-order valence-electron chi connectivity index (χ3n) is 6.82. The third-order valence-corrected chi connectivity index (χ3v) is 7.91. The van der Waals surface area contributed by atoms with Gasteiger partial charge in [-0.15, -0.1) is 11.3 Å². The maximum atomic E-state index is 14.1. The molecule has 2 amide bonds. The Labute approximate surface area is 191 Å². The summed E-state index contributed by atoms with van der Waals surface area (Å²) < 4.78 is 28.5. The normalized spacial score (nSPS) is 24.6. The molecule has 3 unspecified atom stereocenters. The Hall–Kier alpha value is -2.09. The summed E-state index contributed by atoms with van der Waals surface area (Å²) >= 11 is 1.46. The zero-order valence-electron chi connectivity index (χ0n) is 18.3. The molecule has 2 aromatic rings. The van der Waals surface area contributed by atoms with E-state index in [9.17, 15) is 18.4 Å². The minimum Gasteiger partial charge on any atom is -0.351 e. The number of thiophene rings is 1. The Balaban J connectivity index is 1.11. The minimum atomic E-state index is -1.34. The molecule has 2 fully saturated rings. The van der Waals surface area contributed by atoms with E-state index in [1.165, 1.54) is 11.3 Å². The Bertz CT molecular complexity index is 896. The lowest BCUT2D eigenvalue weighted by Gasteiger charge is -2.36. The van der Waals surface area contributed by atoms with Gasteiger partial charge in [-0.3, -0.25) is 14.6 Å². The molecule has 1 N–H and O–H groups in total. The standard InChI is InChI=1S/C24H31F2N3O2S/c25-18-4-5-19(20(26)14-18)24(31)29-11-7-16(8-12-29)3-1-2-9-28-23(30)21-13-17-6-10-27-15-22(17)32-21/h6,10,13,15-16,18-20H,1-5,7-9,11-12,14H2,(H,28,30). The van der Waals surface area contributed by atoms with E-state index >= 15 is 0 Å². The molecule has 0 spiro atoms. The van der Waals surface area contributed by atoms with Crippen LogP contribution in [0.3, 0.4) is 0 Å². The van der Waals surface area contributed by atoms with Gasteiger partial charge >= 0.3 is 0 Å². The number of aromatic nitrogens is 1. The van der Waals surface area contributed by atoms with E-state index in [1.807, 2.05) is 12.1 Å². The van der Waals surface area contributed by atoms with Gasteiger partial charge in [0.2, 0.25) is 5.91 Å². The van der Waals surface area contributed by atoms with Gasteiger partial charge in [-0.1, -0.05) is 12.8 Å². The molecule has 3 heterocycles. The van der Waals surface area contributed by atoms with E-state index in [1.54, 1.807) is 17.3 Å². The number of nitrogens with one attached hydrogen (secondary N) is 1. The van der Waals surface area contributed by atoms with Gasteiger partial charge in [-0.2, -0.15) is 0 Å². The van der Waals surface area contributed by atoms with Crippen molar-refractivity contribution < 1.29 is 18.4 Å². The highest BCUT2D eigenvalue weighted by atomic mass is 32.1. The van der Waals surface area contributed by atoms with E-state index in [0.717, 1.165) is 42.2 Å². The second-order valence-corrected chi connectivity index (χ2v) is 10.2. The maximum absolute atomic E-state index is 14.1. The molecule has 3 atom stereocenters. The highest BCUT2D eigenvalue weighted by molar-refractivity contribution is 7.20. The second kappa shape index (κ2) is 10.7. The van der Waals surface area contributed by atoms with E-state index in [-0.39, 0.29) is 18.2 Å². The molecule has 1 aliphatic heterocycles. The third kappa shape index (κ3) is 5.63. The van der Waals surface area contributed by atoms with Gasteiger partial charge in [-0.05, 0) is 55.5 Å². The number of fused-ring (bicyclic) bond motifs is 1. The number of piperidine rings is 1. The van der Waals surface area contributed by atoms with Crippen LogP contribution in [0.15, 0.2) is 24.5 Å². The highest BCUT2D eigenvalue weighted by Crippen LogP contribution is 2.32. The molecule has 0 aromatic carbocycles. The summed E-state index contributed by atoms with van der Waals surface area (Å²) in [6, 6.07) is 3.81. The largest absolute Gasteiger partial charge is 0.351 e. The SMILES string of the molecule is O=C(NCCCCC1CCN(C(=O)C2CCC(F)CC2F)CC1)c1cc2ccncc2s1. The maximum Gasteiger partial charge on any atom is 0.261 e. The fraction of sp³-hybridized carbons (Fsp3) is 0.625. The van der Waals surface area contributed by atoms with Crippen molar-refractivity contribution in [3.63, 3.8) is 0 Å². The van der Waals surface area contributed by atoms with Gasteiger partial charge in [0.15, 0.2) is 0 Å². The number of rotatable bonds is 7. The first-order valence-electron chi connectivity index (χ1n) is 11.7. The number of likely N-dealkylation sites (tertiary alicyclic amines) is 1. The fourth-order valence-electron chi connectivity index (χ4n) is 4.87. The average molecular weight is 464 g/mol. The number of amides is 2. The predicted molar refractivity (Wildman–Crippen MR) is 122 cm³/mol. The minimum absolute atomic E-state index is 0.0361. The molecule has 1 saturated carbocycles. The van der Waals surface area contributed by atoms with Crippen molar-refractivity contribution in [2.45, 2.75) is 63.7 Å². The molecular formula is C24H31F2N3O2S. The number of hydrogen-bond donors (Lipinski definition) is 1. The fourth-order valence-corrected chi connectivity index (χ4v) is 5.81. The van der Waals surface area contributed by atoms with Crippen LogP contribution in [0, 0.1) is 11.8 Å². The van der Waals surface area contributed by atoms with Crippen LogP contribution in [0.25, 0.3) is 10.1 Å². The van der Waals surface area contributed by atoms with Crippen LogP contribution in [-0.2, 0) is 4.79 Å². The van der Waals surface area contributed by atoms with E-state index in [0.29, 0.717) is 43.3 Å². The molecule has 32 heavy (non-hydrogen) atoms. The Morgan fingerprint density at radius 3 is 2.72 bits per heavy atom.